The van der Waals surface area contributed by atoms with Crippen LogP contribution >= 0.6 is 0 Å². The van der Waals surface area contributed by atoms with Gasteiger partial charge in [0.15, 0.2) is 0 Å². The van der Waals surface area contributed by atoms with Crippen LogP contribution in [0.25, 0.3) is 0 Å². The van der Waals surface area contributed by atoms with E-state index in [1.807, 2.05) is 44.2 Å². The second-order valence-electron chi connectivity index (χ2n) is 7.30. The smallest absolute Gasteiger partial charge is 0.324 e. The quantitative estimate of drug-likeness (QED) is 0.711. The molecule has 0 amide bonds. The predicted molar refractivity (Wildman–Crippen MR) is 101 cm³/mol. The number of nitrogens with zero attached hydrogens (tertiary/aromatic N) is 2. The van der Waals surface area contributed by atoms with Gasteiger partial charge in [-0.1, -0.05) is 30.3 Å². The highest BCUT2D eigenvalue weighted by Gasteiger charge is 2.42. The monoisotopic (exact) mass is 396 g/mol. The van der Waals surface area contributed by atoms with Gasteiger partial charge in [0.2, 0.25) is 0 Å². The molecule has 0 N–H and O–H groups in total. The maximum Gasteiger partial charge on any atom is 0.324 e. The minimum atomic E-state index is -3.74. The topological polar surface area (TPSA) is 76.2 Å². The van der Waals surface area contributed by atoms with E-state index in [-0.39, 0.29) is 18.8 Å². The fourth-order valence-electron chi connectivity index (χ4n) is 3.71. The number of morpholine rings is 1. The third-order valence-corrected chi connectivity index (χ3v) is 6.94. The lowest BCUT2D eigenvalue weighted by Gasteiger charge is -2.40. The average Bonchev–Trinajstić information content (AvgIpc) is 2.66. The molecule has 7 nitrogen and oxygen atoms in total. The van der Waals surface area contributed by atoms with Gasteiger partial charge in [-0.2, -0.15) is 17.0 Å². The normalized spacial score (nSPS) is 28.0. The van der Waals surface area contributed by atoms with Crippen molar-refractivity contribution in [2.75, 3.05) is 19.6 Å². The summed E-state index contributed by atoms with van der Waals surface area (Å²) in [6.07, 6.45) is 1.71. The van der Waals surface area contributed by atoms with Crippen LogP contribution in [-0.2, 0) is 31.1 Å². The summed E-state index contributed by atoms with van der Waals surface area (Å²) in [6, 6.07) is 8.63. The molecule has 0 radical (unpaired) electrons. The molecule has 2 aliphatic heterocycles. The summed E-state index contributed by atoms with van der Waals surface area (Å²) in [5.41, 5.74) is 0.881. The highest BCUT2D eigenvalue weighted by Crippen LogP contribution is 2.26. The van der Waals surface area contributed by atoms with Crippen molar-refractivity contribution in [1.82, 2.24) is 8.61 Å². The SMILES string of the molecule is CC1CN(S(=O)(=O)N2CCCCC2C(=O)OCc2ccccc2)CC(C)O1. The first-order valence-electron chi connectivity index (χ1n) is 9.51. The van der Waals surface area contributed by atoms with E-state index in [0.717, 1.165) is 18.4 Å². The fraction of sp³-hybridized carbons (Fsp3) is 0.632. The van der Waals surface area contributed by atoms with Crippen molar-refractivity contribution in [2.45, 2.75) is 58.0 Å². The van der Waals surface area contributed by atoms with Crippen LogP contribution in [0.3, 0.4) is 0 Å². The van der Waals surface area contributed by atoms with Crippen LogP contribution in [0.15, 0.2) is 30.3 Å². The van der Waals surface area contributed by atoms with Gasteiger partial charge < -0.3 is 9.47 Å². The van der Waals surface area contributed by atoms with Crippen LogP contribution in [-0.4, -0.2) is 60.9 Å². The Morgan fingerprint density at radius 3 is 2.48 bits per heavy atom. The zero-order chi connectivity index (χ0) is 19.4. The Labute approximate surface area is 161 Å². The minimum absolute atomic E-state index is 0.148. The van der Waals surface area contributed by atoms with Crippen molar-refractivity contribution in [3.05, 3.63) is 35.9 Å². The van der Waals surface area contributed by atoms with Crippen molar-refractivity contribution < 1.29 is 22.7 Å². The summed E-state index contributed by atoms with van der Waals surface area (Å²) in [4.78, 5) is 12.7. The number of esters is 1. The summed E-state index contributed by atoms with van der Waals surface area (Å²) in [6.45, 7) is 4.81. The van der Waals surface area contributed by atoms with E-state index in [1.165, 1.54) is 8.61 Å². The molecule has 3 rings (SSSR count). The molecule has 0 spiro atoms. The predicted octanol–water partition coefficient (Wildman–Crippen LogP) is 1.94. The Morgan fingerprint density at radius 2 is 1.81 bits per heavy atom. The summed E-state index contributed by atoms with van der Waals surface area (Å²) in [7, 11) is -3.74. The van der Waals surface area contributed by atoms with Crippen LogP contribution in [0.5, 0.6) is 0 Å². The molecular weight excluding hydrogens is 368 g/mol. The van der Waals surface area contributed by atoms with E-state index >= 15 is 0 Å². The van der Waals surface area contributed by atoms with Crippen LogP contribution in [0.2, 0.25) is 0 Å². The molecule has 8 heteroatoms. The lowest BCUT2D eigenvalue weighted by molar-refractivity contribution is -0.150. The van der Waals surface area contributed by atoms with Gasteiger partial charge in [0, 0.05) is 19.6 Å². The minimum Gasteiger partial charge on any atom is -0.460 e. The van der Waals surface area contributed by atoms with Crippen molar-refractivity contribution in [2.24, 2.45) is 0 Å². The zero-order valence-electron chi connectivity index (χ0n) is 15.9. The van der Waals surface area contributed by atoms with E-state index in [2.05, 4.69) is 0 Å². The van der Waals surface area contributed by atoms with E-state index in [1.54, 1.807) is 0 Å². The molecule has 0 bridgehead atoms. The van der Waals surface area contributed by atoms with Crippen LogP contribution < -0.4 is 0 Å². The van der Waals surface area contributed by atoms with Crippen LogP contribution in [0, 0.1) is 0 Å². The third kappa shape index (κ3) is 4.87. The molecule has 3 unspecified atom stereocenters. The van der Waals surface area contributed by atoms with Crippen molar-refractivity contribution in [3.63, 3.8) is 0 Å². The van der Waals surface area contributed by atoms with E-state index in [4.69, 9.17) is 9.47 Å². The van der Waals surface area contributed by atoms with Gasteiger partial charge >= 0.3 is 5.97 Å². The number of carbonyl (C=O) groups is 1. The molecule has 0 saturated carbocycles. The fourth-order valence-corrected chi connectivity index (χ4v) is 5.68. The number of carbonyl (C=O) groups excluding carboxylic acids is 1. The maximum absolute atomic E-state index is 13.2. The highest BCUT2D eigenvalue weighted by atomic mass is 32.2. The van der Waals surface area contributed by atoms with Gasteiger partial charge in [0.1, 0.15) is 12.6 Å². The molecule has 2 heterocycles. The molecule has 1 aromatic rings. The second kappa shape index (κ2) is 8.68. The molecular formula is C19H28N2O5S. The van der Waals surface area contributed by atoms with Crippen molar-refractivity contribution >= 4 is 16.2 Å². The van der Waals surface area contributed by atoms with Gasteiger partial charge in [0.25, 0.3) is 10.2 Å². The summed E-state index contributed by atoms with van der Waals surface area (Å²) >= 11 is 0. The number of hydrogen-bond donors (Lipinski definition) is 0. The molecule has 27 heavy (non-hydrogen) atoms. The molecule has 2 aliphatic rings. The number of benzene rings is 1. The van der Waals surface area contributed by atoms with Crippen LogP contribution in [0.1, 0.15) is 38.7 Å². The molecule has 1 aromatic carbocycles. The Hall–Kier alpha value is -1.48. The highest BCUT2D eigenvalue weighted by molar-refractivity contribution is 7.86. The van der Waals surface area contributed by atoms with Gasteiger partial charge in [-0.15, -0.1) is 0 Å². The van der Waals surface area contributed by atoms with Gasteiger partial charge in [-0.3, -0.25) is 4.79 Å². The Balaban J connectivity index is 1.71. The summed E-state index contributed by atoms with van der Waals surface area (Å²) in [5, 5.41) is 0. The van der Waals surface area contributed by atoms with E-state index in [0.29, 0.717) is 26.1 Å². The van der Waals surface area contributed by atoms with Crippen LogP contribution in [0.4, 0.5) is 0 Å². The Kier molecular flexibility index (Phi) is 6.52. The first kappa shape index (κ1) is 20.3. The second-order valence-corrected chi connectivity index (χ2v) is 9.18. The molecule has 3 atom stereocenters. The molecule has 0 aromatic heterocycles. The summed E-state index contributed by atoms with van der Waals surface area (Å²) < 4.78 is 40.3. The lowest BCUT2D eigenvalue weighted by Crippen LogP contribution is -2.57. The summed E-state index contributed by atoms with van der Waals surface area (Å²) in [5.74, 6) is -0.475. The maximum atomic E-state index is 13.2. The largest absolute Gasteiger partial charge is 0.460 e. The van der Waals surface area contributed by atoms with Gasteiger partial charge in [-0.05, 0) is 38.7 Å². The first-order valence-corrected chi connectivity index (χ1v) is 10.9. The third-order valence-electron chi connectivity index (χ3n) is 4.96. The molecule has 2 saturated heterocycles. The first-order chi connectivity index (χ1) is 12.9. The molecule has 2 fully saturated rings. The molecule has 150 valence electrons. The number of ether oxygens (including phenoxy) is 2. The standard InChI is InChI=1S/C19H28N2O5S/c1-15-12-20(13-16(2)26-15)27(23,24)21-11-7-6-10-18(21)19(22)25-14-17-8-4-3-5-9-17/h3-5,8-9,15-16,18H,6-7,10-14H2,1-2H3. The lowest BCUT2D eigenvalue weighted by atomic mass is 10.1. The Bertz CT molecular complexity index is 730. The Morgan fingerprint density at radius 1 is 1.15 bits per heavy atom. The number of rotatable bonds is 5. The van der Waals surface area contributed by atoms with E-state index in [9.17, 15) is 13.2 Å². The van der Waals surface area contributed by atoms with Gasteiger partial charge in [0.05, 0.1) is 12.2 Å². The van der Waals surface area contributed by atoms with Crippen molar-refractivity contribution in [1.29, 1.82) is 0 Å². The number of piperidine rings is 1. The average molecular weight is 397 g/mol. The number of hydrogen-bond acceptors (Lipinski definition) is 5. The van der Waals surface area contributed by atoms with E-state index < -0.39 is 22.2 Å². The van der Waals surface area contributed by atoms with Crippen molar-refractivity contribution in [3.8, 4) is 0 Å². The zero-order valence-corrected chi connectivity index (χ0v) is 16.7. The molecule has 0 aliphatic carbocycles. The van der Waals surface area contributed by atoms with Gasteiger partial charge in [-0.25, -0.2) is 0 Å².